The molecular formula is C20H22N4OS2. The van der Waals surface area contributed by atoms with Gasteiger partial charge >= 0.3 is 0 Å². The second-order valence-corrected chi connectivity index (χ2v) is 8.53. The summed E-state index contributed by atoms with van der Waals surface area (Å²) in [6, 6.07) is 12.0. The highest BCUT2D eigenvalue weighted by Crippen LogP contribution is 2.29. The van der Waals surface area contributed by atoms with Gasteiger partial charge in [-0.05, 0) is 62.1 Å². The lowest BCUT2D eigenvalue weighted by atomic mass is 10.1. The van der Waals surface area contributed by atoms with Gasteiger partial charge in [-0.15, -0.1) is 10.2 Å². The minimum atomic E-state index is -0.0482. The first-order valence-corrected chi connectivity index (χ1v) is 10.4. The summed E-state index contributed by atoms with van der Waals surface area (Å²) in [5, 5.41) is 15.3. The van der Waals surface area contributed by atoms with Crippen LogP contribution in [0.3, 0.4) is 0 Å². The molecule has 0 aliphatic carbocycles. The van der Waals surface area contributed by atoms with E-state index in [1.807, 2.05) is 44.2 Å². The number of thioether (sulfide) groups is 1. The molecule has 1 aromatic heterocycles. The predicted octanol–water partition coefficient (Wildman–Crippen LogP) is 5.25. The molecule has 0 bridgehead atoms. The second kappa shape index (κ2) is 8.54. The van der Waals surface area contributed by atoms with Gasteiger partial charge in [0.2, 0.25) is 11.0 Å². The molecule has 0 spiro atoms. The molecule has 3 aromatic rings. The van der Waals surface area contributed by atoms with Crippen molar-refractivity contribution in [1.82, 2.24) is 10.2 Å². The molecule has 3 rings (SSSR count). The van der Waals surface area contributed by atoms with Crippen LogP contribution in [0.25, 0.3) is 0 Å². The van der Waals surface area contributed by atoms with Gasteiger partial charge in [-0.3, -0.25) is 4.79 Å². The van der Waals surface area contributed by atoms with E-state index in [1.54, 1.807) is 0 Å². The van der Waals surface area contributed by atoms with Gasteiger partial charge in [0.25, 0.3) is 0 Å². The molecule has 1 amide bonds. The molecule has 7 heteroatoms. The van der Waals surface area contributed by atoms with Crippen molar-refractivity contribution in [3.05, 3.63) is 58.7 Å². The van der Waals surface area contributed by atoms with Crippen molar-refractivity contribution in [2.75, 3.05) is 16.4 Å². The first-order valence-electron chi connectivity index (χ1n) is 8.59. The summed E-state index contributed by atoms with van der Waals surface area (Å²) in [4.78, 5) is 12.2. The maximum absolute atomic E-state index is 12.2. The maximum atomic E-state index is 12.2. The van der Waals surface area contributed by atoms with E-state index in [9.17, 15) is 4.79 Å². The van der Waals surface area contributed by atoms with E-state index < -0.39 is 0 Å². The highest BCUT2D eigenvalue weighted by molar-refractivity contribution is 8.01. The van der Waals surface area contributed by atoms with E-state index >= 15 is 0 Å². The standard InChI is InChI=1S/C20H22N4OS2/c1-12-7-5-9-16(14(12)3)21-18(25)11-26-20-24-23-19(27-20)22-17-10-6-8-13(2)15(17)4/h5-10H,11H2,1-4H3,(H,21,25)(H,22,23). The van der Waals surface area contributed by atoms with Gasteiger partial charge in [0.1, 0.15) is 0 Å². The fourth-order valence-corrected chi connectivity index (χ4v) is 4.08. The third-order valence-corrected chi connectivity index (χ3v) is 6.43. The van der Waals surface area contributed by atoms with E-state index in [4.69, 9.17) is 0 Å². The van der Waals surface area contributed by atoms with Gasteiger partial charge in [0.05, 0.1) is 5.75 Å². The summed E-state index contributed by atoms with van der Waals surface area (Å²) in [5.41, 5.74) is 6.54. The number of amides is 1. The summed E-state index contributed by atoms with van der Waals surface area (Å²) in [5.74, 6) is 0.249. The number of aromatic nitrogens is 2. The predicted molar refractivity (Wildman–Crippen MR) is 114 cm³/mol. The molecule has 0 atom stereocenters. The number of carbonyl (C=O) groups is 1. The normalized spacial score (nSPS) is 10.7. The first-order chi connectivity index (χ1) is 12.9. The fourth-order valence-electron chi connectivity index (χ4n) is 2.52. The van der Waals surface area contributed by atoms with E-state index in [2.05, 4.69) is 40.7 Å². The van der Waals surface area contributed by atoms with Crippen LogP contribution in [0.4, 0.5) is 16.5 Å². The molecule has 0 radical (unpaired) electrons. The van der Waals surface area contributed by atoms with Crippen molar-refractivity contribution in [3.8, 4) is 0 Å². The molecule has 2 N–H and O–H groups in total. The number of carbonyl (C=O) groups excluding carboxylic acids is 1. The minimum Gasteiger partial charge on any atom is -0.330 e. The number of nitrogens with one attached hydrogen (secondary N) is 2. The molecule has 2 aromatic carbocycles. The smallest absolute Gasteiger partial charge is 0.234 e. The highest BCUT2D eigenvalue weighted by atomic mass is 32.2. The van der Waals surface area contributed by atoms with Crippen LogP contribution in [0.2, 0.25) is 0 Å². The van der Waals surface area contributed by atoms with Crippen LogP contribution >= 0.6 is 23.1 Å². The molecule has 140 valence electrons. The Balaban J connectivity index is 1.57. The van der Waals surface area contributed by atoms with Gasteiger partial charge in [-0.1, -0.05) is 47.4 Å². The fraction of sp³-hybridized carbons (Fsp3) is 0.250. The minimum absolute atomic E-state index is 0.0482. The van der Waals surface area contributed by atoms with Crippen LogP contribution in [0.15, 0.2) is 40.7 Å². The van der Waals surface area contributed by atoms with Crippen molar-refractivity contribution in [1.29, 1.82) is 0 Å². The van der Waals surface area contributed by atoms with Crippen LogP contribution in [-0.2, 0) is 4.79 Å². The van der Waals surface area contributed by atoms with Crippen LogP contribution in [-0.4, -0.2) is 21.9 Å². The van der Waals surface area contributed by atoms with E-state index in [0.717, 1.165) is 32.0 Å². The van der Waals surface area contributed by atoms with Gasteiger partial charge in [0.15, 0.2) is 4.34 Å². The van der Waals surface area contributed by atoms with Crippen LogP contribution in [0.1, 0.15) is 22.3 Å². The number of nitrogens with zero attached hydrogens (tertiary/aromatic N) is 2. The Hall–Kier alpha value is -2.38. The summed E-state index contributed by atoms with van der Waals surface area (Å²) in [7, 11) is 0. The Morgan fingerprint density at radius 1 is 0.963 bits per heavy atom. The topological polar surface area (TPSA) is 66.9 Å². The van der Waals surface area contributed by atoms with Crippen molar-refractivity contribution >= 4 is 45.5 Å². The van der Waals surface area contributed by atoms with Gasteiger partial charge in [-0.25, -0.2) is 0 Å². The molecule has 1 heterocycles. The lowest BCUT2D eigenvalue weighted by Gasteiger charge is -2.09. The Kier molecular flexibility index (Phi) is 6.13. The highest BCUT2D eigenvalue weighted by Gasteiger charge is 2.11. The van der Waals surface area contributed by atoms with Crippen molar-refractivity contribution < 1.29 is 4.79 Å². The molecule has 0 unspecified atom stereocenters. The summed E-state index contributed by atoms with van der Waals surface area (Å²) in [6.45, 7) is 8.20. The Morgan fingerprint density at radius 3 is 2.30 bits per heavy atom. The molecule has 0 saturated heterocycles. The summed E-state index contributed by atoms with van der Waals surface area (Å²) >= 11 is 2.84. The van der Waals surface area contributed by atoms with Crippen LogP contribution in [0.5, 0.6) is 0 Å². The Labute approximate surface area is 167 Å². The zero-order valence-electron chi connectivity index (χ0n) is 15.8. The van der Waals surface area contributed by atoms with E-state index in [0.29, 0.717) is 5.75 Å². The second-order valence-electron chi connectivity index (χ2n) is 6.33. The number of aryl methyl sites for hydroxylation is 2. The maximum Gasteiger partial charge on any atom is 0.234 e. The molecule has 0 aliphatic heterocycles. The van der Waals surface area contributed by atoms with E-state index in [1.165, 1.54) is 34.2 Å². The Morgan fingerprint density at radius 2 is 1.59 bits per heavy atom. The lowest BCUT2D eigenvalue weighted by molar-refractivity contribution is -0.113. The molecule has 0 aliphatic rings. The average Bonchev–Trinajstić information content (AvgIpc) is 3.09. The van der Waals surface area contributed by atoms with Crippen molar-refractivity contribution in [2.24, 2.45) is 0 Å². The molecule has 5 nitrogen and oxygen atoms in total. The number of hydrogen-bond acceptors (Lipinski definition) is 6. The zero-order valence-corrected chi connectivity index (χ0v) is 17.4. The lowest BCUT2D eigenvalue weighted by Crippen LogP contribution is -2.15. The van der Waals surface area contributed by atoms with Gasteiger partial charge in [-0.2, -0.15) is 0 Å². The Bertz CT molecular complexity index is 968. The molecule has 0 saturated carbocycles. The van der Waals surface area contributed by atoms with Crippen molar-refractivity contribution in [3.63, 3.8) is 0 Å². The first kappa shape index (κ1) is 19.4. The van der Waals surface area contributed by atoms with Crippen LogP contribution < -0.4 is 10.6 Å². The SMILES string of the molecule is Cc1cccc(NC(=O)CSc2nnc(Nc3cccc(C)c3C)s2)c1C. The number of rotatable bonds is 6. The third kappa shape index (κ3) is 4.87. The number of hydrogen-bond donors (Lipinski definition) is 2. The van der Waals surface area contributed by atoms with Crippen molar-refractivity contribution in [2.45, 2.75) is 32.0 Å². The van der Waals surface area contributed by atoms with Gasteiger partial charge in [0, 0.05) is 11.4 Å². The summed E-state index contributed by atoms with van der Waals surface area (Å²) in [6.07, 6.45) is 0. The molecular weight excluding hydrogens is 376 g/mol. The zero-order chi connectivity index (χ0) is 19.4. The molecule has 27 heavy (non-hydrogen) atoms. The molecule has 0 fully saturated rings. The number of anilines is 3. The largest absolute Gasteiger partial charge is 0.330 e. The quantitative estimate of drug-likeness (QED) is 0.555. The van der Waals surface area contributed by atoms with Gasteiger partial charge < -0.3 is 10.6 Å². The van der Waals surface area contributed by atoms with Crippen LogP contribution in [0, 0.1) is 27.7 Å². The third-order valence-electron chi connectivity index (χ3n) is 4.46. The van der Waals surface area contributed by atoms with E-state index in [-0.39, 0.29) is 5.91 Å². The summed E-state index contributed by atoms with van der Waals surface area (Å²) < 4.78 is 0.763. The monoisotopic (exact) mass is 398 g/mol. The average molecular weight is 399 g/mol. The number of benzene rings is 2.